The molecule has 21 atom stereocenters. The molecule has 15 nitrogen and oxygen atoms in total. The van der Waals surface area contributed by atoms with Gasteiger partial charge in [0.25, 0.3) is 0 Å². The lowest BCUT2D eigenvalue weighted by molar-refractivity contribution is -0.385. The Kier molecular flexibility index (Phi) is 12.6. The second kappa shape index (κ2) is 16.5. The summed E-state index contributed by atoms with van der Waals surface area (Å²) in [5.74, 6) is 1.10. The highest BCUT2D eigenvalue weighted by atomic mass is 16.8. The highest BCUT2D eigenvalue weighted by Gasteiger charge is 2.69. The molecule has 0 amide bonds. The zero-order valence-electron chi connectivity index (χ0n) is 37.3. The normalized spacial score (nSPS) is 54.4. The van der Waals surface area contributed by atoms with E-state index in [0.717, 1.165) is 57.8 Å². The third-order valence-electron chi connectivity index (χ3n) is 18.7. The quantitative estimate of drug-likeness (QED) is 0.125. The van der Waals surface area contributed by atoms with Crippen molar-refractivity contribution in [1.29, 1.82) is 0 Å². The summed E-state index contributed by atoms with van der Waals surface area (Å²) in [6, 6.07) is 0. The monoisotopic (exact) mass is 869 g/mol. The van der Waals surface area contributed by atoms with Crippen molar-refractivity contribution in [3.8, 4) is 0 Å². The first-order chi connectivity index (χ1) is 28.6. The third kappa shape index (κ3) is 7.44. The van der Waals surface area contributed by atoms with Gasteiger partial charge in [0.1, 0.15) is 61.0 Å². The van der Waals surface area contributed by atoms with Gasteiger partial charge >= 0.3 is 0 Å². The zero-order valence-corrected chi connectivity index (χ0v) is 37.3. The van der Waals surface area contributed by atoms with Crippen LogP contribution < -0.4 is 0 Å². The molecule has 5 aliphatic carbocycles. The van der Waals surface area contributed by atoms with Crippen LogP contribution in [0.2, 0.25) is 0 Å². The highest BCUT2D eigenvalue weighted by Crippen LogP contribution is 2.76. The van der Waals surface area contributed by atoms with Gasteiger partial charge in [0, 0.05) is 12.0 Å². The van der Waals surface area contributed by atoms with Crippen molar-refractivity contribution in [1.82, 2.24) is 0 Å². The lowest BCUT2D eigenvalue weighted by Gasteiger charge is -2.71. The van der Waals surface area contributed by atoms with Gasteiger partial charge in [0.2, 0.25) is 0 Å². The van der Waals surface area contributed by atoms with E-state index in [-0.39, 0.29) is 64.3 Å². The predicted molar refractivity (Wildman–Crippen MR) is 218 cm³/mol. The summed E-state index contributed by atoms with van der Waals surface area (Å²) in [5.41, 5.74) is 1.53. The molecule has 0 aromatic rings. The molecule has 4 saturated carbocycles. The van der Waals surface area contributed by atoms with Gasteiger partial charge in [-0.15, -0.1) is 0 Å². The number of hydrogen-bond acceptors (Lipinski definition) is 15. The van der Waals surface area contributed by atoms with Crippen LogP contribution in [-0.2, 0) is 28.4 Å². The van der Waals surface area contributed by atoms with Crippen LogP contribution in [0.3, 0.4) is 0 Å². The molecule has 8 rings (SSSR count). The topological polar surface area (TPSA) is 237 Å². The van der Waals surface area contributed by atoms with Gasteiger partial charge < -0.3 is 74.4 Å². The maximum absolute atomic E-state index is 11.3. The first kappa shape index (κ1) is 46.7. The van der Waals surface area contributed by atoms with E-state index in [9.17, 15) is 46.0 Å². The first-order valence-electron chi connectivity index (χ1n) is 23.1. The van der Waals surface area contributed by atoms with E-state index in [1.165, 1.54) is 0 Å². The van der Waals surface area contributed by atoms with Gasteiger partial charge in [0.15, 0.2) is 18.9 Å². The highest BCUT2D eigenvalue weighted by molar-refractivity contribution is 5.34. The molecular weight excluding hydrogens is 792 g/mol. The Morgan fingerprint density at radius 1 is 0.639 bits per heavy atom. The van der Waals surface area contributed by atoms with Crippen molar-refractivity contribution in [3.05, 3.63) is 11.6 Å². The Bertz CT molecular complexity index is 1610. The van der Waals surface area contributed by atoms with E-state index in [2.05, 4.69) is 54.5 Å². The standard InChI is InChI=1S/C46H76O15/c1-41(2)14-16-46(22-48)17-15-44(6)23(24(46)18-41)8-9-29-43(5)12-11-30(42(3,4)28(43)10-13-45(29,44)7)59-40-37(61-39-35(55)33(53)32(52)27(19-47)58-39)36(26(50)21-57-40)60-38-34(54)31(51)25(49)20-56-38/h8,24-40,47-55H,9-22H2,1-7H3/t24?,25-,26+,27+,28?,29?,30?,31-,32+,33-,34+,35+,36-,37+,38-,39-,40-,43-,44+,45+,46+/m0/s1. The Hall–Kier alpha value is -0.860. The molecule has 8 aliphatic rings. The van der Waals surface area contributed by atoms with Crippen LogP contribution in [0.25, 0.3) is 0 Å². The lowest BCUT2D eigenvalue weighted by Crippen LogP contribution is -2.66. The van der Waals surface area contributed by atoms with Crippen molar-refractivity contribution in [2.75, 3.05) is 26.4 Å². The van der Waals surface area contributed by atoms with Crippen LogP contribution in [0.1, 0.15) is 113 Å². The molecule has 3 aliphatic heterocycles. The molecule has 0 aromatic heterocycles. The van der Waals surface area contributed by atoms with Crippen LogP contribution in [-0.4, -0.2) is 158 Å². The zero-order chi connectivity index (χ0) is 44.2. The van der Waals surface area contributed by atoms with Crippen molar-refractivity contribution in [3.63, 3.8) is 0 Å². The second-order valence-corrected chi connectivity index (χ2v) is 22.6. The lowest BCUT2D eigenvalue weighted by atomic mass is 9.33. The van der Waals surface area contributed by atoms with E-state index in [1.807, 2.05) is 0 Å². The molecule has 3 saturated heterocycles. The van der Waals surface area contributed by atoms with Crippen molar-refractivity contribution >= 4 is 0 Å². The summed E-state index contributed by atoms with van der Waals surface area (Å²) < 4.78 is 36.8. The second-order valence-electron chi connectivity index (χ2n) is 22.6. The number of allylic oxidation sites excluding steroid dienone is 2. The SMILES string of the molecule is CC1(C)CC[C@]2(CO)CC[C@]3(C)C(=CCC4[C@@]5(C)CCC(O[C@@H]6OC[C@@H](O)[C@H](O[C@@H]7OC[C@H](O)[C@H](O)[C@H]7O)[C@H]6O[C@@H]6O[C@H](CO)[C@@H](O)[C@H](O)[C@H]6O)C(C)(C)C5CC[C@]43C)C2C1. The Morgan fingerprint density at radius 2 is 1.30 bits per heavy atom. The minimum atomic E-state index is -1.78. The number of aliphatic hydroxyl groups is 9. The predicted octanol–water partition coefficient (Wildman–Crippen LogP) is 1.89. The summed E-state index contributed by atoms with van der Waals surface area (Å²) in [4.78, 5) is 0. The minimum absolute atomic E-state index is 0.0138. The minimum Gasteiger partial charge on any atom is -0.396 e. The molecule has 350 valence electrons. The van der Waals surface area contributed by atoms with Gasteiger partial charge in [-0.1, -0.05) is 60.1 Å². The largest absolute Gasteiger partial charge is 0.396 e. The molecule has 61 heavy (non-hydrogen) atoms. The van der Waals surface area contributed by atoms with Crippen molar-refractivity contribution < 1.29 is 74.4 Å². The first-order valence-corrected chi connectivity index (χ1v) is 23.1. The van der Waals surface area contributed by atoms with E-state index >= 15 is 0 Å². The van der Waals surface area contributed by atoms with Gasteiger partial charge in [0.05, 0.1) is 25.9 Å². The van der Waals surface area contributed by atoms with E-state index < -0.39 is 86.5 Å². The number of aliphatic hydroxyl groups excluding tert-OH is 9. The summed E-state index contributed by atoms with van der Waals surface area (Å²) in [5, 5.41) is 95.7. The van der Waals surface area contributed by atoms with Crippen molar-refractivity contribution in [2.45, 2.75) is 199 Å². The van der Waals surface area contributed by atoms with Gasteiger partial charge in [-0.3, -0.25) is 0 Å². The summed E-state index contributed by atoms with van der Waals surface area (Å²) >= 11 is 0. The van der Waals surface area contributed by atoms with Crippen LogP contribution >= 0.6 is 0 Å². The van der Waals surface area contributed by atoms with Gasteiger partial charge in [-0.2, -0.15) is 0 Å². The van der Waals surface area contributed by atoms with Gasteiger partial charge in [-0.05, 0) is 109 Å². The Morgan fingerprint density at radius 3 is 2.00 bits per heavy atom. The molecule has 9 N–H and O–H groups in total. The van der Waals surface area contributed by atoms with Crippen LogP contribution in [0.5, 0.6) is 0 Å². The molecule has 0 aromatic carbocycles. The van der Waals surface area contributed by atoms with Crippen LogP contribution in [0.15, 0.2) is 11.6 Å². The molecule has 0 bridgehead atoms. The van der Waals surface area contributed by atoms with Gasteiger partial charge in [-0.25, -0.2) is 0 Å². The molecule has 15 heteroatoms. The number of hydrogen-bond donors (Lipinski definition) is 9. The van der Waals surface area contributed by atoms with Crippen LogP contribution in [0.4, 0.5) is 0 Å². The molecule has 4 unspecified atom stereocenters. The van der Waals surface area contributed by atoms with Crippen molar-refractivity contribution in [2.24, 2.45) is 50.2 Å². The Labute approximate surface area is 360 Å². The fourth-order valence-corrected chi connectivity index (χ4v) is 14.6. The smallest absolute Gasteiger partial charge is 0.187 e. The van der Waals surface area contributed by atoms with Crippen LogP contribution in [0, 0.1) is 50.2 Å². The molecule has 0 radical (unpaired) electrons. The molecule has 7 fully saturated rings. The summed E-state index contributed by atoms with van der Waals surface area (Å²) in [7, 11) is 0. The van der Waals surface area contributed by atoms with E-state index in [0.29, 0.717) is 18.3 Å². The van der Waals surface area contributed by atoms with E-state index in [4.69, 9.17) is 28.4 Å². The maximum atomic E-state index is 11.3. The van der Waals surface area contributed by atoms with E-state index in [1.54, 1.807) is 5.57 Å². The fourth-order valence-electron chi connectivity index (χ4n) is 14.6. The molecular formula is C46H76O15. The number of fused-ring (bicyclic) bond motifs is 7. The fraction of sp³-hybridized carbons (Fsp3) is 0.957. The third-order valence-corrected chi connectivity index (χ3v) is 18.7. The summed E-state index contributed by atoms with van der Waals surface area (Å²) in [6.07, 6.45) is -7.16. The Balaban J connectivity index is 1.06. The molecule has 0 spiro atoms. The average molecular weight is 869 g/mol. The number of ether oxygens (including phenoxy) is 6. The number of rotatable bonds is 8. The molecule has 3 heterocycles. The average Bonchev–Trinajstić information content (AvgIpc) is 3.21. The maximum Gasteiger partial charge on any atom is 0.187 e. The summed E-state index contributed by atoms with van der Waals surface area (Å²) in [6.45, 7) is 15.9.